The van der Waals surface area contributed by atoms with Crippen LogP contribution in [0.2, 0.25) is 5.02 Å². The fourth-order valence-electron chi connectivity index (χ4n) is 3.81. The molecule has 2 aliphatic rings. The van der Waals surface area contributed by atoms with Gasteiger partial charge in [-0.25, -0.2) is 4.39 Å². The number of fused-ring (bicyclic) bond motifs is 1. The van der Waals surface area contributed by atoms with Crippen LogP contribution in [0.15, 0.2) is 24.3 Å². The molecule has 2 aromatic rings. The smallest absolute Gasteiger partial charge is 0.269 e. The van der Waals surface area contributed by atoms with Gasteiger partial charge in [0.1, 0.15) is 17.2 Å². The average molecular weight is 406 g/mol. The fraction of sp³-hybridized carbons (Fsp3) is 0.450. The summed E-state index contributed by atoms with van der Waals surface area (Å²) >= 11 is 5.98. The van der Waals surface area contributed by atoms with Gasteiger partial charge >= 0.3 is 0 Å². The van der Waals surface area contributed by atoms with Crippen molar-refractivity contribution in [3.05, 3.63) is 52.1 Å². The Labute approximate surface area is 167 Å². The fourth-order valence-corrected chi connectivity index (χ4v) is 4.04. The van der Waals surface area contributed by atoms with Crippen LogP contribution in [0, 0.1) is 17.7 Å². The maximum Gasteiger partial charge on any atom is 0.269 e. The molecule has 28 heavy (non-hydrogen) atoms. The highest BCUT2D eigenvalue weighted by Crippen LogP contribution is 2.44. The second-order valence-corrected chi connectivity index (χ2v) is 7.82. The number of nitrogens with one attached hydrogen (secondary N) is 1. The highest BCUT2D eigenvalue weighted by molar-refractivity contribution is 6.30. The lowest BCUT2D eigenvalue weighted by molar-refractivity contribution is 0.0916. The lowest BCUT2D eigenvalue weighted by Crippen LogP contribution is -2.32. The van der Waals surface area contributed by atoms with Gasteiger partial charge in [0, 0.05) is 35.4 Å². The average Bonchev–Trinajstić information content (AvgIpc) is 3.07. The van der Waals surface area contributed by atoms with Crippen LogP contribution in [-0.4, -0.2) is 40.7 Å². The molecule has 4 atom stereocenters. The molecule has 1 aromatic carbocycles. The Morgan fingerprint density at radius 2 is 2.04 bits per heavy atom. The van der Waals surface area contributed by atoms with Crippen molar-refractivity contribution in [2.24, 2.45) is 11.8 Å². The van der Waals surface area contributed by atoms with Gasteiger partial charge in [0.05, 0.1) is 19.3 Å². The van der Waals surface area contributed by atoms with E-state index in [0.717, 1.165) is 0 Å². The maximum atomic E-state index is 13.8. The van der Waals surface area contributed by atoms with Gasteiger partial charge in [-0.3, -0.25) is 14.3 Å². The molecule has 1 N–H and O–H groups in total. The van der Waals surface area contributed by atoms with E-state index in [0.29, 0.717) is 30.6 Å². The van der Waals surface area contributed by atoms with Crippen LogP contribution in [-0.2, 0) is 4.74 Å². The molecule has 1 aromatic heterocycles. The number of amides is 1. The molecule has 0 bridgehead atoms. The number of nitrogens with zero attached hydrogens (tertiary/aromatic N) is 2. The van der Waals surface area contributed by atoms with Crippen molar-refractivity contribution in [3.63, 3.8) is 0 Å². The lowest BCUT2D eigenvalue weighted by atomic mass is 10.1. The highest BCUT2D eigenvalue weighted by Gasteiger charge is 2.55. The van der Waals surface area contributed by atoms with Gasteiger partial charge in [-0.05, 0) is 30.7 Å². The standard InChI is InChI=1S/C20H21ClFN3O3/c1-3-18(26)16-7-17(20(27)23-19-14-8-28-9-15(14)19)25(24-16)10(2)11-4-12(21)6-13(22)5-11/h4-7,10,14-15,19H,3,8-9H2,1-2H3,(H,23,27)/t10-,14-,15+,19?/m1/s1. The molecule has 148 valence electrons. The minimum atomic E-state index is -0.477. The molecule has 0 spiro atoms. The summed E-state index contributed by atoms with van der Waals surface area (Å²) < 4.78 is 20.6. The van der Waals surface area contributed by atoms with Crippen molar-refractivity contribution < 1.29 is 18.7 Å². The lowest BCUT2D eigenvalue weighted by Gasteiger charge is -2.17. The number of benzene rings is 1. The second-order valence-electron chi connectivity index (χ2n) is 7.38. The van der Waals surface area contributed by atoms with Crippen LogP contribution >= 0.6 is 11.6 Å². The summed E-state index contributed by atoms with van der Waals surface area (Å²) in [7, 11) is 0. The molecular weight excluding hydrogens is 385 g/mol. The number of hydrogen-bond donors (Lipinski definition) is 1. The number of aromatic nitrogens is 2. The number of rotatable bonds is 6. The summed E-state index contributed by atoms with van der Waals surface area (Å²) in [5, 5.41) is 7.63. The van der Waals surface area contributed by atoms with E-state index in [1.165, 1.54) is 22.9 Å². The van der Waals surface area contributed by atoms with Crippen LogP contribution in [0.3, 0.4) is 0 Å². The first-order valence-corrected chi connectivity index (χ1v) is 9.74. The molecule has 2 fully saturated rings. The first kappa shape index (κ1) is 19.1. The zero-order valence-corrected chi connectivity index (χ0v) is 16.4. The van der Waals surface area contributed by atoms with Gasteiger partial charge < -0.3 is 10.1 Å². The van der Waals surface area contributed by atoms with Crippen LogP contribution in [0.25, 0.3) is 0 Å². The maximum absolute atomic E-state index is 13.8. The van der Waals surface area contributed by atoms with E-state index in [4.69, 9.17) is 16.3 Å². The number of carbonyl (C=O) groups excluding carboxylic acids is 2. The third-order valence-electron chi connectivity index (χ3n) is 5.56. The minimum Gasteiger partial charge on any atom is -0.381 e. The summed E-state index contributed by atoms with van der Waals surface area (Å²) in [5.74, 6) is -0.207. The first-order valence-electron chi connectivity index (χ1n) is 9.36. The van der Waals surface area contributed by atoms with E-state index >= 15 is 0 Å². The molecule has 1 saturated carbocycles. The summed E-state index contributed by atoms with van der Waals surface area (Å²) in [4.78, 5) is 25.1. The van der Waals surface area contributed by atoms with Crippen molar-refractivity contribution in [3.8, 4) is 0 Å². The Balaban J connectivity index is 1.65. The third kappa shape index (κ3) is 3.44. The molecule has 1 aliphatic carbocycles. The summed E-state index contributed by atoms with van der Waals surface area (Å²) in [5.41, 5.74) is 1.06. The number of Topliss-reactive ketones (excluding diaryl/α,β-unsaturated/α-hetero) is 1. The van der Waals surface area contributed by atoms with E-state index in [2.05, 4.69) is 10.4 Å². The Hall–Kier alpha value is -2.25. The van der Waals surface area contributed by atoms with Gasteiger partial charge in [0.2, 0.25) is 0 Å². The number of halogens is 2. The number of carbonyl (C=O) groups is 2. The second kappa shape index (κ2) is 7.29. The minimum absolute atomic E-state index is 0.0915. The SMILES string of the molecule is CCC(=O)c1cc(C(=O)NC2[C@H]3COC[C@@H]23)n([C@H](C)c2cc(F)cc(Cl)c2)n1. The molecule has 0 radical (unpaired) electrons. The van der Waals surface area contributed by atoms with Gasteiger partial charge in [0.15, 0.2) is 5.78 Å². The molecule has 1 unspecified atom stereocenters. The molecule has 8 heteroatoms. The molecule has 2 heterocycles. The van der Waals surface area contributed by atoms with Crippen molar-refractivity contribution in [2.45, 2.75) is 32.4 Å². The van der Waals surface area contributed by atoms with E-state index in [1.807, 2.05) is 0 Å². The van der Waals surface area contributed by atoms with E-state index in [-0.39, 0.29) is 40.6 Å². The summed E-state index contributed by atoms with van der Waals surface area (Å²) in [6.45, 7) is 4.84. The van der Waals surface area contributed by atoms with Crippen molar-refractivity contribution in [1.29, 1.82) is 0 Å². The predicted molar refractivity (Wildman–Crippen MR) is 101 cm³/mol. The zero-order valence-electron chi connectivity index (χ0n) is 15.6. The Bertz CT molecular complexity index is 915. The molecule has 6 nitrogen and oxygen atoms in total. The summed E-state index contributed by atoms with van der Waals surface area (Å²) in [6.07, 6.45) is 0.280. The largest absolute Gasteiger partial charge is 0.381 e. The molecule has 1 saturated heterocycles. The number of ketones is 1. The normalized spacial score (nSPS) is 23.9. The van der Waals surface area contributed by atoms with Crippen LogP contribution in [0.4, 0.5) is 4.39 Å². The third-order valence-corrected chi connectivity index (χ3v) is 5.78. The van der Waals surface area contributed by atoms with Gasteiger partial charge in [0.25, 0.3) is 5.91 Å². The molecular formula is C20H21ClFN3O3. The van der Waals surface area contributed by atoms with Crippen molar-refractivity contribution in [1.82, 2.24) is 15.1 Å². The van der Waals surface area contributed by atoms with Crippen molar-refractivity contribution >= 4 is 23.3 Å². The van der Waals surface area contributed by atoms with E-state index < -0.39 is 11.9 Å². The molecule has 4 rings (SSSR count). The van der Waals surface area contributed by atoms with Gasteiger partial charge in [-0.2, -0.15) is 5.10 Å². The van der Waals surface area contributed by atoms with E-state index in [9.17, 15) is 14.0 Å². The van der Waals surface area contributed by atoms with E-state index in [1.54, 1.807) is 19.9 Å². The van der Waals surface area contributed by atoms with Crippen LogP contribution < -0.4 is 5.32 Å². The molecule has 1 amide bonds. The van der Waals surface area contributed by atoms with Gasteiger partial charge in [-0.15, -0.1) is 0 Å². The Morgan fingerprint density at radius 3 is 2.68 bits per heavy atom. The summed E-state index contributed by atoms with van der Waals surface area (Å²) in [6, 6.07) is 5.32. The van der Waals surface area contributed by atoms with Crippen LogP contribution in [0.5, 0.6) is 0 Å². The topological polar surface area (TPSA) is 73.2 Å². The molecule has 1 aliphatic heterocycles. The Kier molecular flexibility index (Phi) is 4.97. The number of hydrogen-bond acceptors (Lipinski definition) is 4. The quantitative estimate of drug-likeness (QED) is 0.749. The van der Waals surface area contributed by atoms with Crippen molar-refractivity contribution in [2.75, 3.05) is 13.2 Å². The predicted octanol–water partition coefficient (Wildman–Crippen LogP) is 3.25. The van der Waals surface area contributed by atoms with Gasteiger partial charge in [-0.1, -0.05) is 18.5 Å². The first-order chi connectivity index (χ1) is 13.4. The zero-order chi connectivity index (χ0) is 20.0. The Morgan fingerprint density at radius 1 is 1.32 bits per heavy atom. The number of ether oxygens (including phenoxy) is 1. The highest BCUT2D eigenvalue weighted by atomic mass is 35.5. The van der Waals surface area contributed by atoms with Crippen LogP contribution in [0.1, 0.15) is 52.9 Å². The monoisotopic (exact) mass is 405 g/mol.